The Bertz CT molecular complexity index is 843. The molecular weight excluding hydrogens is 344 g/mol. The zero-order valence-electron chi connectivity index (χ0n) is 16.8. The molecule has 1 fully saturated rings. The van der Waals surface area contributed by atoms with E-state index in [4.69, 9.17) is 9.77 Å². The van der Waals surface area contributed by atoms with Gasteiger partial charge in [0.15, 0.2) is 0 Å². The maximum Gasteiger partial charge on any atom is 0.137 e. The molecule has 1 unspecified atom stereocenters. The van der Waals surface area contributed by atoms with Gasteiger partial charge in [-0.3, -0.25) is 8.99 Å². The summed E-state index contributed by atoms with van der Waals surface area (Å²) >= 11 is 0. The molecule has 0 aliphatic heterocycles. The van der Waals surface area contributed by atoms with Crippen LogP contribution < -0.4 is 10.6 Å². The molecule has 2 N–H and O–H groups in total. The zero-order valence-corrected chi connectivity index (χ0v) is 17.7. The van der Waals surface area contributed by atoms with Crippen LogP contribution in [0.25, 0.3) is 11.4 Å². The summed E-state index contributed by atoms with van der Waals surface area (Å²) in [5.74, 6) is 1.98. The smallest absolute Gasteiger partial charge is 0.137 e. The van der Waals surface area contributed by atoms with Gasteiger partial charge in [-0.25, -0.2) is 4.99 Å². The van der Waals surface area contributed by atoms with Gasteiger partial charge in [0, 0.05) is 57.8 Å². The molecule has 1 saturated carbocycles. The molecule has 1 aromatic heterocycles. The maximum absolute atomic E-state index is 11.8. The molecule has 2 rings (SSSR count). The fourth-order valence-corrected chi connectivity index (χ4v) is 5.11. The van der Waals surface area contributed by atoms with E-state index in [1.165, 1.54) is 10.9 Å². The van der Waals surface area contributed by atoms with Crippen LogP contribution in [0.5, 0.6) is 0 Å². The second kappa shape index (κ2) is 8.89. The van der Waals surface area contributed by atoms with Crippen LogP contribution in [0.4, 0.5) is 0 Å². The number of nitrogens with one attached hydrogen (secondary N) is 2. The lowest BCUT2D eigenvalue weighted by Gasteiger charge is -2.36. The maximum atomic E-state index is 11.8. The predicted octanol–water partition coefficient (Wildman–Crippen LogP) is 2.92. The Balaban J connectivity index is 2.28. The Morgan fingerprint density at radius 1 is 1.42 bits per heavy atom. The van der Waals surface area contributed by atoms with Crippen molar-refractivity contribution in [1.82, 2.24) is 9.88 Å². The third-order valence-corrected chi connectivity index (χ3v) is 6.56. The van der Waals surface area contributed by atoms with Crippen molar-refractivity contribution < 1.29 is 4.21 Å². The molecule has 0 radical (unpaired) electrons. The summed E-state index contributed by atoms with van der Waals surface area (Å²) in [5, 5.41) is 2.34. The average molecular weight is 379 g/mol. The molecule has 26 heavy (non-hydrogen) atoms. The monoisotopic (exact) mass is 378 g/mol. The van der Waals surface area contributed by atoms with Crippen LogP contribution in [0.15, 0.2) is 17.3 Å². The zero-order chi connectivity index (χ0) is 19.3. The van der Waals surface area contributed by atoms with Crippen LogP contribution in [-0.2, 0) is 9.73 Å². The molecule has 0 spiro atoms. The molecule has 1 aliphatic carbocycles. The number of hydrogen-bond acceptors (Lipinski definition) is 4. The van der Waals surface area contributed by atoms with Crippen molar-refractivity contribution >= 4 is 27.3 Å². The number of H-pyrrole nitrogens is 1. The first-order valence-electron chi connectivity index (χ1n) is 9.57. The predicted molar refractivity (Wildman–Crippen MR) is 112 cm³/mol. The van der Waals surface area contributed by atoms with E-state index in [9.17, 15) is 4.21 Å². The van der Waals surface area contributed by atoms with Crippen molar-refractivity contribution in [2.75, 3.05) is 19.1 Å². The topological polar surface area (TPSA) is 72.3 Å². The fraction of sp³-hybridized carbons (Fsp3) is 0.650. The first-order valence-corrected chi connectivity index (χ1v) is 11.7. The fourth-order valence-electron chi connectivity index (χ4n) is 3.88. The van der Waals surface area contributed by atoms with E-state index >= 15 is 0 Å². The van der Waals surface area contributed by atoms with Gasteiger partial charge in [0.25, 0.3) is 0 Å². The molecule has 1 atom stereocenters. The van der Waals surface area contributed by atoms with Crippen LogP contribution in [0.3, 0.4) is 0 Å². The minimum atomic E-state index is -2.39. The van der Waals surface area contributed by atoms with Gasteiger partial charge >= 0.3 is 0 Å². The number of aromatic nitrogens is 1. The average Bonchev–Trinajstić information content (AvgIpc) is 3.07. The van der Waals surface area contributed by atoms with Crippen molar-refractivity contribution in [3.05, 3.63) is 22.8 Å². The van der Waals surface area contributed by atoms with E-state index in [1.807, 2.05) is 19.3 Å². The summed E-state index contributed by atoms with van der Waals surface area (Å²) in [7, 11) is -0.251. The standard InChI is InChI=1S/C20H34N4OS/c1-6-15(3)19-18(12-13-23-19)20(22-7-2)24(4)17-10-8-16(9-11-17)14-26(5,21)25/h7,12-13,16-17,21,23H,6,8-11,14H2,1-5H3/b19-15+,20-18+,22-7-/t16-,17+,26?. The lowest BCUT2D eigenvalue weighted by molar-refractivity contribution is 0.228. The van der Waals surface area contributed by atoms with Gasteiger partial charge in [-0.05, 0) is 63.5 Å². The van der Waals surface area contributed by atoms with E-state index in [-0.39, 0.29) is 0 Å². The van der Waals surface area contributed by atoms with Gasteiger partial charge in [-0.1, -0.05) is 6.92 Å². The van der Waals surface area contributed by atoms with E-state index in [2.05, 4.69) is 36.8 Å². The quantitative estimate of drug-likeness (QED) is 0.747. The van der Waals surface area contributed by atoms with Crippen LogP contribution in [0.1, 0.15) is 52.9 Å². The molecule has 0 aromatic carbocycles. The van der Waals surface area contributed by atoms with E-state index in [0.29, 0.717) is 17.7 Å². The molecule has 6 heteroatoms. The van der Waals surface area contributed by atoms with Gasteiger partial charge in [-0.2, -0.15) is 0 Å². The first-order chi connectivity index (χ1) is 12.3. The van der Waals surface area contributed by atoms with Gasteiger partial charge in [-0.15, -0.1) is 0 Å². The summed E-state index contributed by atoms with van der Waals surface area (Å²) in [6.45, 7) is 6.29. The van der Waals surface area contributed by atoms with Crippen molar-refractivity contribution in [3.8, 4) is 0 Å². The molecule has 1 aromatic rings. The van der Waals surface area contributed by atoms with Crippen LogP contribution in [0, 0.1) is 10.7 Å². The van der Waals surface area contributed by atoms with E-state index in [0.717, 1.165) is 43.1 Å². The van der Waals surface area contributed by atoms with Crippen LogP contribution in [0.2, 0.25) is 0 Å². The molecule has 146 valence electrons. The molecular formula is C20H34N4OS. The summed E-state index contributed by atoms with van der Waals surface area (Å²) in [4.78, 5) is 10.4. The highest BCUT2D eigenvalue weighted by Crippen LogP contribution is 2.29. The summed E-state index contributed by atoms with van der Waals surface area (Å²) in [6.07, 6.45) is 10.6. The van der Waals surface area contributed by atoms with Crippen molar-refractivity contribution in [2.45, 2.75) is 58.9 Å². The van der Waals surface area contributed by atoms with Gasteiger partial charge in [0.05, 0.1) is 0 Å². The van der Waals surface area contributed by atoms with E-state index in [1.54, 1.807) is 6.26 Å². The molecule has 5 nitrogen and oxygen atoms in total. The Kier molecular flexibility index (Phi) is 7.09. The van der Waals surface area contributed by atoms with E-state index < -0.39 is 9.73 Å². The lowest BCUT2D eigenvalue weighted by Crippen LogP contribution is -2.39. The van der Waals surface area contributed by atoms with Crippen molar-refractivity contribution in [3.63, 3.8) is 0 Å². The summed E-state index contributed by atoms with van der Waals surface area (Å²) in [6, 6.07) is 2.55. The largest absolute Gasteiger partial charge is 0.361 e. The second-order valence-corrected chi connectivity index (χ2v) is 9.91. The number of rotatable bonds is 6. The minimum absolute atomic E-state index is 0.422. The Hall–Kier alpha value is -1.56. The Morgan fingerprint density at radius 2 is 2.08 bits per heavy atom. The number of aromatic amines is 1. The van der Waals surface area contributed by atoms with Gasteiger partial charge in [0.1, 0.15) is 5.82 Å². The highest BCUT2D eigenvalue weighted by atomic mass is 32.2. The highest BCUT2D eigenvalue weighted by Gasteiger charge is 2.26. The third kappa shape index (κ3) is 5.22. The Morgan fingerprint density at radius 3 is 2.62 bits per heavy atom. The normalized spacial score (nSPS) is 25.7. The summed E-state index contributed by atoms with van der Waals surface area (Å²) < 4.78 is 19.5. The molecule has 0 saturated heterocycles. The molecule has 0 bridgehead atoms. The second-order valence-electron chi connectivity index (χ2n) is 7.57. The first kappa shape index (κ1) is 20.7. The Labute approximate surface area is 158 Å². The highest BCUT2D eigenvalue weighted by molar-refractivity contribution is 7.91. The van der Waals surface area contributed by atoms with Crippen molar-refractivity contribution in [2.24, 2.45) is 10.9 Å². The van der Waals surface area contributed by atoms with Crippen molar-refractivity contribution in [1.29, 1.82) is 4.78 Å². The molecule has 0 amide bonds. The van der Waals surface area contributed by atoms with Crippen LogP contribution >= 0.6 is 0 Å². The number of aliphatic imine (C=N–C) groups is 1. The summed E-state index contributed by atoms with van der Waals surface area (Å²) in [5.41, 5.74) is 1.33. The molecule has 1 aliphatic rings. The molecule has 1 heterocycles. The number of hydrogen-bond donors (Lipinski definition) is 2. The lowest BCUT2D eigenvalue weighted by atomic mass is 9.86. The number of nitrogens with zero attached hydrogens (tertiary/aromatic N) is 2. The third-order valence-electron chi connectivity index (χ3n) is 5.45. The minimum Gasteiger partial charge on any atom is -0.361 e. The SMILES string of the molecule is C\C=N/C(=c1/cc[nH]/c1=C(\C)CC)N(C)[C@H]1CC[C@@H](CS(C)(=N)=O)CC1. The van der Waals surface area contributed by atoms with Gasteiger partial charge in [0.2, 0.25) is 0 Å². The van der Waals surface area contributed by atoms with Gasteiger partial charge < -0.3 is 9.88 Å². The van der Waals surface area contributed by atoms with Crippen LogP contribution in [-0.4, -0.2) is 45.4 Å².